The average molecular weight is 317 g/mol. The summed E-state index contributed by atoms with van der Waals surface area (Å²) in [6.07, 6.45) is 0.735. The highest BCUT2D eigenvalue weighted by Gasteiger charge is 2.49. The number of aryl methyl sites for hydroxylation is 1. The molecule has 6 nitrogen and oxygen atoms in total. The smallest absolute Gasteiger partial charge is 0.249 e. The van der Waals surface area contributed by atoms with Crippen LogP contribution in [0.25, 0.3) is 0 Å². The molecule has 0 radical (unpaired) electrons. The van der Waals surface area contributed by atoms with Crippen molar-refractivity contribution in [3.8, 4) is 0 Å². The van der Waals surface area contributed by atoms with Crippen LogP contribution in [-0.4, -0.2) is 47.6 Å². The summed E-state index contributed by atoms with van der Waals surface area (Å²) in [5.74, 6) is -0.785. The lowest BCUT2D eigenvalue weighted by Gasteiger charge is -2.30. The van der Waals surface area contributed by atoms with E-state index >= 15 is 0 Å². The number of carbonyl (C=O) groups excluding carboxylic acids is 2. The molecule has 124 valence electrons. The van der Waals surface area contributed by atoms with Gasteiger partial charge in [0.1, 0.15) is 0 Å². The number of nitrogens with one attached hydrogen (secondary N) is 2. The van der Waals surface area contributed by atoms with Crippen LogP contribution >= 0.6 is 0 Å². The summed E-state index contributed by atoms with van der Waals surface area (Å²) in [6, 6.07) is 7.87. The van der Waals surface area contributed by atoms with E-state index in [1.54, 1.807) is 10.4 Å². The van der Waals surface area contributed by atoms with Gasteiger partial charge in [-0.1, -0.05) is 29.8 Å². The van der Waals surface area contributed by atoms with Crippen molar-refractivity contribution in [3.63, 3.8) is 0 Å². The summed E-state index contributed by atoms with van der Waals surface area (Å²) in [5, 5.41) is 12.0. The molecule has 0 saturated carbocycles. The van der Waals surface area contributed by atoms with E-state index in [4.69, 9.17) is 5.21 Å². The fourth-order valence-corrected chi connectivity index (χ4v) is 3.72. The Bertz CT molecular complexity index is 616. The first-order valence-corrected chi connectivity index (χ1v) is 8.00. The zero-order chi connectivity index (χ0) is 16.6. The molecule has 2 saturated heterocycles. The summed E-state index contributed by atoms with van der Waals surface area (Å²) in [7, 11) is 0. The van der Waals surface area contributed by atoms with Gasteiger partial charge < -0.3 is 10.2 Å². The van der Waals surface area contributed by atoms with Crippen LogP contribution in [-0.2, 0) is 15.0 Å². The quantitative estimate of drug-likeness (QED) is 0.563. The second-order valence-corrected chi connectivity index (χ2v) is 6.75. The molecule has 0 spiro atoms. The van der Waals surface area contributed by atoms with Gasteiger partial charge in [-0.25, -0.2) is 5.48 Å². The van der Waals surface area contributed by atoms with Gasteiger partial charge in [0, 0.05) is 19.6 Å². The number of hydroxylamine groups is 1. The molecule has 23 heavy (non-hydrogen) atoms. The Hall–Kier alpha value is -1.92. The maximum Gasteiger partial charge on any atom is 0.249 e. The predicted molar refractivity (Wildman–Crippen MR) is 84.9 cm³/mol. The van der Waals surface area contributed by atoms with Gasteiger partial charge in [-0.05, 0) is 25.8 Å². The number of nitrogens with zero attached hydrogens (tertiary/aromatic N) is 1. The molecule has 2 aliphatic heterocycles. The maximum absolute atomic E-state index is 13.1. The monoisotopic (exact) mass is 317 g/mol. The SMILES string of the molecule is Cc1ccc(C2(C)CCN(C3CNCC3C(=O)NO)C2=O)cc1. The molecule has 3 N–H and O–H groups in total. The third-order valence-corrected chi connectivity index (χ3v) is 5.30. The Morgan fingerprint density at radius 2 is 2.04 bits per heavy atom. The van der Waals surface area contributed by atoms with Crippen LogP contribution in [0.1, 0.15) is 24.5 Å². The van der Waals surface area contributed by atoms with Crippen molar-refractivity contribution in [1.29, 1.82) is 0 Å². The van der Waals surface area contributed by atoms with Crippen LogP contribution < -0.4 is 10.8 Å². The van der Waals surface area contributed by atoms with Crippen molar-refractivity contribution in [2.75, 3.05) is 19.6 Å². The first-order chi connectivity index (χ1) is 11.0. The summed E-state index contributed by atoms with van der Waals surface area (Å²) in [5.41, 5.74) is 3.36. The second-order valence-electron chi connectivity index (χ2n) is 6.75. The van der Waals surface area contributed by atoms with E-state index in [1.165, 1.54) is 5.56 Å². The topological polar surface area (TPSA) is 81.7 Å². The van der Waals surface area contributed by atoms with Gasteiger partial charge in [0.15, 0.2) is 0 Å². The van der Waals surface area contributed by atoms with Crippen molar-refractivity contribution < 1.29 is 14.8 Å². The van der Waals surface area contributed by atoms with E-state index in [1.807, 2.05) is 38.1 Å². The van der Waals surface area contributed by atoms with E-state index < -0.39 is 17.2 Å². The number of benzene rings is 1. The van der Waals surface area contributed by atoms with Crippen molar-refractivity contribution in [2.24, 2.45) is 5.92 Å². The summed E-state index contributed by atoms with van der Waals surface area (Å²) < 4.78 is 0. The molecule has 3 atom stereocenters. The fraction of sp³-hybridized carbons (Fsp3) is 0.529. The zero-order valence-corrected chi connectivity index (χ0v) is 13.5. The lowest BCUT2D eigenvalue weighted by Crippen LogP contribution is -2.48. The van der Waals surface area contributed by atoms with Crippen LogP contribution in [0.2, 0.25) is 0 Å². The Morgan fingerprint density at radius 1 is 1.35 bits per heavy atom. The summed E-state index contributed by atoms with van der Waals surface area (Å²) >= 11 is 0. The molecule has 0 aromatic heterocycles. The molecule has 1 aromatic rings. The molecule has 3 rings (SSSR count). The van der Waals surface area contributed by atoms with Gasteiger partial charge in [0.2, 0.25) is 11.8 Å². The standard InChI is InChI=1S/C17H23N3O3/c1-11-3-5-12(6-4-11)17(2)7-8-20(16(17)22)14-10-18-9-13(14)15(21)19-23/h3-6,13-14,18,23H,7-10H2,1-2H3,(H,19,21). The number of rotatable bonds is 3. The third kappa shape index (κ3) is 2.62. The second kappa shape index (κ2) is 5.94. The lowest BCUT2D eigenvalue weighted by molar-refractivity contribution is -0.138. The molecule has 0 bridgehead atoms. The van der Waals surface area contributed by atoms with Crippen LogP contribution in [0.3, 0.4) is 0 Å². The highest BCUT2D eigenvalue weighted by molar-refractivity contribution is 5.91. The number of likely N-dealkylation sites (tertiary alicyclic amines) is 1. The van der Waals surface area contributed by atoms with Crippen molar-refractivity contribution in [2.45, 2.75) is 31.7 Å². The minimum atomic E-state index is -0.545. The molecule has 2 aliphatic rings. The maximum atomic E-state index is 13.1. The molecule has 1 aromatic carbocycles. The molecule has 0 aliphatic carbocycles. The van der Waals surface area contributed by atoms with Crippen LogP contribution in [0.5, 0.6) is 0 Å². The van der Waals surface area contributed by atoms with E-state index in [2.05, 4.69) is 5.32 Å². The van der Waals surface area contributed by atoms with Gasteiger partial charge in [0.05, 0.1) is 17.4 Å². The van der Waals surface area contributed by atoms with Crippen LogP contribution in [0, 0.1) is 12.8 Å². The van der Waals surface area contributed by atoms with E-state index in [0.29, 0.717) is 19.6 Å². The van der Waals surface area contributed by atoms with Gasteiger partial charge in [0.25, 0.3) is 0 Å². The molecule has 6 heteroatoms. The molecule has 2 amide bonds. The molecular weight excluding hydrogens is 294 g/mol. The zero-order valence-electron chi connectivity index (χ0n) is 13.5. The highest BCUT2D eigenvalue weighted by Crippen LogP contribution is 2.38. The largest absolute Gasteiger partial charge is 0.337 e. The normalized spacial score (nSPS) is 30.7. The Kier molecular flexibility index (Phi) is 4.12. The van der Waals surface area contributed by atoms with E-state index in [9.17, 15) is 9.59 Å². The van der Waals surface area contributed by atoms with Gasteiger partial charge in [-0.2, -0.15) is 0 Å². The fourth-order valence-electron chi connectivity index (χ4n) is 3.72. The van der Waals surface area contributed by atoms with Crippen LogP contribution in [0.15, 0.2) is 24.3 Å². The molecule has 2 heterocycles. The minimum absolute atomic E-state index is 0.0609. The Morgan fingerprint density at radius 3 is 2.70 bits per heavy atom. The third-order valence-electron chi connectivity index (χ3n) is 5.30. The number of amides is 2. The summed E-state index contributed by atoms with van der Waals surface area (Å²) in [6.45, 7) is 5.68. The van der Waals surface area contributed by atoms with Crippen molar-refractivity contribution in [3.05, 3.63) is 35.4 Å². The average Bonchev–Trinajstić information content (AvgIpc) is 3.14. The summed E-state index contributed by atoms with van der Waals surface area (Å²) in [4.78, 5) is 26.7. The van der Waals surface area contributed by atoms with Crippen LogP contribution in [0.4, 0.5) is 0 Å². The minimum Gasteiger partial charge on any atom is -0.337 e. The molecular formula is C17H23N3O3. The number of carbonyl (C=O) groups is 2. The number of hydrogen-bond acceptors (Lipinski definition) is 4. The van der Waals surface area contributed by atoms with E-state index in [0.717, 1.165) is 12.0 Å². The Labute approximate surface area is 135 Å². The van der Waals surface area contributed by atoms with Crippen molar-refractivity contribution in [1.82, 2.24) is 15.7 Å². The number of hydrogen-bond donors (Lipinski definition) is 3. The predicted octanol–water partition coefficient (Wildman–Crippen LogP) is 0.578. The lowest BCUT2D eigenvalue weighted by atomic mass is 9.81. The van der Waals surface area contributed by atoms with E-state index in [-0.39, 0.29) is 11.9 Å². The highest BCUT2D eigenvalue weighted by atomic mass is 16.5. The van der Waals surface area contributed by atoms with Gasteiger partial charge in [-0.3, -0.25) is 14.8 Å². The first kappa shape index (κ1) is 16.0. The molecule has 3 unspecified atom stereocenters. The molecule has 2 fully saturated rings. The van der Waals surface area contributed by atoms with Gasteiger partial charge in [-0.15, -0.1) is 0 Å². The van der Waals surface area contributed by atoms with Gasteiger partial charge >= 0.3 is 0 Å². The Balaban J connectivity index is 1.83. The first-order valence-electron chi connectivity index (χ1n) is 8.00. The van der Waals surface area contributed by atoms with Crippen molar-refractivity contribution >= 4 is 11.8 Å².